The number of hydrogen-bond acceptors (Lipinski definition) is 4. The topological polar surface area (TPSA) is 59.8 Å². The van der Waals surface area contributed by atoms with Crippen LogP contribution in [0.3, 0.4) is 0 Å². The van der Waals surface area contributed by atoms with E-state index in [1.54, 1.807) is 13.8 Å². The van der Waals surface area contributed by atoms with Gasteiger partial charge in [0.15, 0.2) is 0 Å². The summed E-state index contributed by atoms with van der Waals surface area (Å²) in [6.07, 6.45) is 6.72. The van der Waals surface area contributed by atoms with Gasteiger partial charge in [0.05, 0.1) is 5.56 Å². The minimum absolute atomic E-state index is 0.0778. The molecule has 1 aromatic carbocycles. The number of carbonyl (C=O) groups excluding carboxylic acids is 1. The van der Waals surface area contributed by atoms with E-state index in [4.69, 9.17) is 9.15 Å². The Balaban J connectivity index is 1.55. The molecule has 4 rings (SSSR count). The molecule has 1 aromatic heterocycles. The van der Waals surface area contributed by atoms with Crippen molar-refractivity contribution in [2.24, 2.45) is 0 Å². The second kappa shape index (κ2) is 6.72. The summed E-state index contributed by atoms with van der Waals surface area (Å²) in [5.41, 5.74) is 1.46. The lowest BCUT2D eigenvalue weighted by atomic mass is 9.91. The van der Waals surface area contributed by atoms with Crippen LogP contribution in [0.4, 0.5) is 0 Å². The normalized spacial score (nSPS) is 21.5. The third-order valence-corrected chi connectivity index (χ3v) is 5.47. The Bertz CT molecular complexity index is 948. The number of ether oxygens (including phenoxy) is 1. The van der Waals surface area contributed by atoms with Gasteiger partial charge in [-0.2, -0.15) is 0 Å². The second-order valence-electron chi connectivity index (χ2n) is 7.36. The second-order valence-corrected chi connectivity index (χ2v) is 7.36. The zero-order valence-corrected chi connectivity index (χ0v) is 15.7. The van der Waals surface area contributed by atoms with E-state index in [0.29, 0.717) is 30.0 Å². The van der Waals surface area contributed by atoms with Crippen LogP contribution in [-0.4, -0.2) is 29.5 Å². The molecule has 0 saturated carbocycles. The minimum Gasteiger partial charge on any atom is -0.483 e. The van der Waals surface area contributed by atoms with Gasteiger partial charge in [-0.1, -0.05) is 24.3 Å². The number of aryl methyl sites for hydroxylation is 2. The van der Waals surface area contributed by atoms with Crippen LogP contribution in [0.2, 0.25) is 0 Å². The SMILES string of the molecule is Cc1cc(=O)oc(C)c1C(=O)N1CCC[C@@]2(C=Cc3ccccc3O2)CC1. The highest BCUT2D eigenvalue weighted by Gasteiger charge is 2.36. The lowest BCUT2D eigenvalue weighted by Crippen LogP contribution is -2.38. The van der Waals surface area contributed by atoms with Crippen molar-refractivity contribution in [1.29, 1.82) is 0 Å². The molecule has 2 aliphatic heterocycles. The first-order valence-corrected chi connectivity index (χ1v) is 9.35. The number of likely N-dealkylation sites (tertiary alicyclic amines) is 1. The van der Waals surface area contributed by atoms with Crippen LogP contribution in [0.25, 0.3) is 6.08 Å². The lowest BCUT2D eigenvalue weighted by Gasteiger charge is -2.34. The fourth-order valence-corrected chi connectivity index (χ4v) is 4.04. The Morgan fingerprint density at radius 3 is 2.78 bits per heavy atom. The van der Waals surface area contributed by atoms with Crippen molar-refractivity contribution < 1.29 is 13.9 Å². The largest absolute Gasteiger partial charge is 0.483 e. The highest BCUT2D eigenvalue weighted by Crippen LogP contribution is 2.37. The standard InChI is InChI=1S/C22H23NO4/c1-15-14-19(24)26-16(2)20(15)21(25)23-12-5-9-22(11-13-23)10-8-17-6-3-4-7-18(17)27-22/h3-4,6-8,10,14H,5,9,11-13H2,1-2H3/t22-/m1/s1. The molecular weight excluding hydrogens is 342 g/mol. The van der Waals surface area contributed by atoms with Gasteiger partial charge in [-0.25, -0.2) is 4.79 Å². The highest BCUT2D eigenvalue weighted by atomic mass is 16.5. The van der Waals surface area contributed by atoms with Gasteiger partial charge in [-0.15, -0.1) is 0 Å². The van der Waals surface area contributed by atoms with Crippen LogP contribution in [-0.2, 0) is 0 Å². The molecule has 5 nitrogen and oxygen atoms in total. The van der Waals surface area contributed by atoms with Crippen molar-refractivity contribution in [3.8, 4) is 5.75 Å². The molecule has 0 aliphatic carbocycles. The van der Waals surface area contributed by atoms with Gasteiger partial charge in [0, 0.05) is 31.1 Å². The third kappa shape index (κ3) is 3.29. The fraction of sp³-hybridized carbons (Fsp3) is 0.364. The van der Waals surface area contributed by atoms with Gasteiger partial charge >= 0.3 is 5.63 Å². The monoisotopic (exact) mass is 365 g/mol. The Kier molecular flexibility index (Phi) is 4.38. The fourth-order valence-electron chi connectivity index (χ4n) is 4.04. The predicted molar refractivity (Wildman–Crippen MR) is 103 cm³/mol. The number of carbonyl (C=O) groups is 1. The zero-order chi connectivity index (χ0) is 19.0. The quantitative estimate of drug-likeness (QED) is 0.773. The summed E-state index contributed by atoms with van der Waals surface area (Å²) < 4.78 is 11.5. The lowest BCUT2D eigenvalue weighted by molar-refractivity contribution is 0.0726. The van der Waals surface area contributed by atoms with E-state index < -0.39 is 5.63 Å². The molecule has 140 valence electrons. The number of nitrogens with zero attached hydrogens (tertiary/aromatic N) is 1. The number of hydrogen-bond donors (Lipinski definition) is 0. The predicted octanol–water partition coefficient (Wildman–Crippen LogP) is 3.73. The number of rotatable bonds is 1. The average Bonchev–Trinajstić information content (AvgIpc) is 2.83. The maximum Gasteiger partial charge on any atom is 0.336 e. The van der Waals surface area contributed by atoms with E-state index in [1.165, 1.54) is 6.07 Å². The summed E-state index contributed by atoms with van der Waals surface area (Å²) in [5.74, 6) is 1.20. The molecule has 1 fully saturated rings. The number of para-hydroxylation sites is 1. The Labute approximate surface area is 158 Å². The average molecular weight is 365 g/mol. The van der Waals surface area contributed by atoms with Crippen molar-refractivity contribution in [1.82, 2.24) is 4.90 Å². The molecule has 5 heteroatoms. The van der Waals surface area contributed by atoms with Crippen molar-refractivity contribution in [3.63, 3.8) is 0 Å². The molecule has 0 radical (unpaired) electrons. The van der Waals surface area contributed by atoms with Crippen LogP contribution in [0.5, 0.6) is 5.75 Å². The van der Waals surface area contributed by atoms with Gasteiger partial charge < -0.3 is 14.1 Å². The maximum absolute atomic E-state index is 13.1. The zero-order valence-electron chi connectivity index (χ0n) is 15.7. The summed E-state index contributed by atoms with van der Waals surface area (Å²) in [5, 5.41) is 0. The van der Waals surface area contributed by atoms with Crippen LogP contribution < -0.4 is 10.4 Å². The van der Waals surface area contributed by atoms with E-state index in [1.807, 2.05) is 29.2 Å². The first kappa shape index (κ1) is 17.6. The summed E-state index contributed by atoms with van der Waals surface area (Å²) >= 11 is 0. The highest BCUT2D eigenvalue weighted by molar-refractivity contribution is 5.96. The Morgan fingerprint density at radius 2 is 1.96 bits per heavy atom. The van der Waals surface area contributed by atoms with E-state index >= 15 is 0 Å². The molecule has 1 saturated heterocycles. The van der Waals surface area contributed by atoms with Gasteiger partial charge in [0.2, 0.25) is 0 Å². The summed E-state index contributed by atoms with van der Waals surface area (Å²) in [6.45, 7) is 4.71. The number of amides is 1. The van der Waals surface area contributed by atoms with Gasteiger partial charge in [-0.3, -0.25) is 4.79 Å². The summed E-state index contributed by atoms with van der Waals surface area (Å²) in [6, 6.07) is 9.39. The van der Waals surface area contributed by atoms with Crippen molar-refractivity contribution in [3.05, 3.63) is 69.3 Å². The van der Waals surface area contributed by atoms with Crippen LogP contribution >= 0.6 is 0 Å². The molecule has 0 unspecified atom stereocenters. The molecule has 0 N–H and O–H groups in total. The molecular formula is C22H23NO4. The first-order valence-electron chi connectivity index (χ1n) is 9.35. The van der Waals surface area contributed by atoms with Gasteiger partial charge in [-0.05, 0) is 44.4 Å². The molecule has 2 aliphatic rings. The van der Waals surface area contributed by atoms with E-state index in [-0.39, 0.29) is 11.5 Å². The smallest absolute Gasteiger partial charge is 0.336 e. The summed E-state index contributed by atoms with van der Waals surface area (Å²) in [7, 11) is 0. The van der Waals surface area contributed by atoms with Gasteiger partial charge in [0.25, 0.3) is 5.91 Å². The summed E-state index contributed by atoms with van der Waals surface area (Å²) in [4.78, 5) is 26.4. The Morgan fingerprint density at radius 1 is 1.15 bits per heavy atom. The third-order valence-electron chi connectivity index (χ3n) is 5.47. The molecule has 0 bridgehead atoms. The van der Waals surface area contributed by atoms with Crippen LogP contribution in [0.1, 0.15) is 46.5 Å². The Hall–Kier alpha value is -2.82. The molecule has 3 heterocycles. The van der Waals surface area contributed by atoms with Crippen molar-refractivity contribution in [2.75, 3.05) is 13.1 Å². The molecule has 2 aromatic rings. The van der Waals surface area contributed by atoms with Crippen molar-refractivity contribution >= 4 is 12.0 Å². The maximum atomic E-state index is 13.1. The van der Waals surface area contributed by atoms with E-state index in [9.17, 15) is 9.59 Å². The van der Waals surface area contributed by atoms with Crippen LogP contribution in [0, 0.1) is 13.8 Å². The van der Waals surface area contributed by atoms with Crippen LogP contribution in [0.15, 0.2) is 45.6 Å². The molecule has 27 heavy (non-hydrogen) atoms. The van der Waals surface area contributed by atoms with Crippen molar-refractivity contribution in [2.45, 2.75) is 38.7 Å². The molecule has 1 atom stereocenters. The van der Waals surface area contributed by atoms with E-state index in [2.05, 4.69) is 12.2 Å². The minimum atomic E-state index is -0.421. The number of benzene rings is 1. The molecule has 1 amide bonds. The first-order chi connectivity index (χ1) is 13.0. The van der Waals surface area contributed by atoms with E-state index in [0.717, 1.165) is 30.6 Å². The van der Waals surface area contributed by atoms with Gasteiger partial charge in [0.1, 0.15) is 17.1 Å². The number of fused-ring (bicyclic) bond motifs is 1. The molecule has 1 spiro atoms.